The van der Waals surface area contributed by atoms with Crippen LogP contribution in [0.15, 0.2) is 24.3 Å². The molecule has 0 aromatic heterocycles. The molecule has 0 spiro atoms. The van der Waals surface area contributed by atoms with Gasteiger partial charge in [-0.1, -0.05) is 24.3 Å². The average molecular weight is 279 g/mol. The molecule has 2 atom stereocenters. The quantitative estimate of drug-likeness (QED) is 0.919. The first-order chi connectivity index (χ1) is 9.09. The Kier molecular flexibility index (Phi) is 4.88. The van der Waals surface area contributed by atoms with Crippen LogP contribution < -0.4 is 0 Å². The maximum absolute atomic E-state index is 12.5. The minimum absolute atomic E-state index is 0.0797. The molecule has 1 aliphatic rings. The highest BCUT2D eigenvalue weighted by Gasteiger charge is 2.28. The molecule has 19 heavy (non-hydrogen) atoms. The zero-order chi connectivity index (χ0) is 13.8. The Balaban J connectivity index is 2.08. The number of benzene rings is 1. The van der Waals surface area contributed by atoms with E-state index in [0.29, 0.717) is 13.0 Å². The summed E-state index contributed by atoms with van der Waals surface area (Å²) >= 11 is 1.72. The van der Waals surface area contributed by atoms with Crippen LogP contribution in [0.25, 0.3) is 0 Å². The summed E-state index contributed by atoms with van der Waals surface area (Å²) in [6, 6.07) is 8.21. The molecule has 0 saturated heterocycles. The second-order valence-electron chi connectivity index (χ2n) is 5.10. The van der Waals surface area contributed by atoms with Gasteiger partial charge in [0.05, 0.1) is 6.10 Å². The number of carbonyl (C=O) groups excluding carboxylic acids is 1. The number of nitrogens with zero attached hydrogens (tertiary/aromatic N) is 1. The van der Waals surface area contributed by atoms with E-state index in [-0.39, 0.29) is 17.3 Å². The largest absolute Gasteiger partial charge is 0.393 e. The van der Waals surface area contributed by atoms with Crippen LogP contribution >= 0.6 is 11.8 Å². The molecule has 1 amide bonds. The predicted molar refractivity (Wildman–Crippen MR) is 79.3 cm³/mol. The Bertz CT molecular complexity index is 448. The summed E-state index contributed by atoms with van der Waals surface area (Å²) in [4.78, 5) is 14.2. The summed E-state index contributed by atoms with van der Waals surface area (Å²) in [5.74, 6) is 1.15. The van der Waals surface area contributed by atoms with Gasteiger partial charge in [-0.25, -0.2) is 0 Å². The van der Waals surface area contributed by atoms with Crippen molar-refractivity contribution < 1.29 is 9.90 Å². The molecular formula is C15H21NO2S. The molecule has 0 fully saturated rings. The zero-order valence-electron chi connectivity index (χ0n) is 11.5. The summed E-state index contributed by atoms with van der Waals surface area (Å²) in [7, 11) is 1.82. The van der Waals surface area contributed by atoms with Gasteiger partial charge in [0, 0.05) is 13.6 Å². The Morgan fingerprint density at radius 3 is 3.00 bits per heavy atom. The van der Waals surface area contributed by atoms with E-state index in [1.807, 2.05) is 19.2 Å². The molecule has 0 bridgehead atoms. The van der Waals surface area contributed by atoms with E-state index in [9.17, 15) is 9.90 Å². The third-order valence-electron chi connectivity index (χ3n) is 3.48. The van der Waals surface area contributed by atoms with Gasteiger partial charge in [-0.05, 0) is 36.6 Å². The lowest BCUT2D eigenvalue weighted by atomic mass is 10.0. The van der Waals surface area contributed by atoms with E-state index in [2.05, 4.69) is 12.1 Å². The molecule has 0 aliphatic carbocycles. The smallest absolute Gasteiger partial charge is 0.239 e. The van der Waals surface area contributed by atoms with E-state index >= 15 is 0 Å². The van der Waals surface area contributed by atoms with Crippen LogP contribution in [0.2, 0.25) is 0 Å². The highest BCUT2D eigenvalue weighted by atomic mass is 32.2. The first-order valence-electron chi connectivity index (χ1n) is 6.72. The van der Waals surface area contributed by atoms with Crippen molar-refractivity contribution in [1.82, 2.24) is 4.90 Å². The predicted octanol–water partition coefficient (Wildman–Crippen LogP) is 2.25. The molecule has 1 aromatic rings. The topological polar surface area (TPSA) is 40.5 Å². The fourth-order valence-electron chi connectivity index (χ4n) is 2.29. The number of aliphatic hydroxyl groups excluding tert-OH is 1. The van der Waals surface area contributed by atoms with Crippen molar-refractivity contribution in [3.8, 4) is 0 Å². The number of thioether (sulfide) groups is 1. The molecule has 2 unspecified atom stereocenters. The van der Waals surface area contributed by atoms with Crippen molar-refractivity contribution in [1.29, 1.82) is 0 Å². The Morgan fingerprint density at radius 1 is 1.53 bits per heavy atom. The molecule has 0 radical (unpaired) electrons. The molecule has 4 heteroatoms. The summed E-state index contributed by atoms with van der Waals surface area (Å²) in [6.45, 7) is 2.36. The molecule has 2 rings (SSSR count). The molecule has 1 N–H and O–H groups in total. The highest BCUT2D eigenvalue weighted by Crippen LogP contribution is 2.37. The summed E-state index contributed by atoms with van der Waals surface area (Å²) < 4.78 is 0. The molecule has 104 valence electrons. The third-order valence-corrected chi connectivity index (χ3v) is 4.71. The minimum Gasteiger partial charge on any atom is -0.393 e. The lowest BCUT2D eigenvalue weighted by Gasteiger charge is -2.28. The monoisotopic (exact) mass is 279 g/mol. The Labute approximate surface area is 119 Å². The maximum atomic E-state index is 12.5. The van der Waals surface area contributed by atoms with E-state index in [1.54, 1.807) is 23.6 Å². The van der Waals surface area contributed by atoms with Gasteiger partial charge in [0.15, 0.2) is 0 Å². The number of fused-ring (bicyclic) bond motifs is 1. The van der Waals surface area contributed by atoms with Gasteiger partial charge in [-0.3, -0.25) is 4.79 Å². The van der Waals surface area contributed by atoms with Gasteiger partial charge in [0.2, 0.25) is 5.91 Å². The molecule has 1 aliphatic heterocycles. The van der Waals surface area contributed by atoms with Crippen LogP contribution in [-0.2, 0) is 11.2 Å². The van der Waals surface area contributed by atoms with Gasteiger partial charge in [-0.15, -0.1) is 11.8 Å². The Hall–Kier alpha value is -1.00. The van der Waals surface area contributed by atoms with Crippen molar-refractivity contribution in [2.75, 3.05) is 19.3 Å². The minimum atomic E-state index is -0.360. The number of hydrogen-bond acceptors (Lipinski definition) is 3. The lowest BCUT2D eigenvalue weighted by molar-refractivity contribution is -0.129. The van der Waals surface area contributed by atoms with E-state index in [4.69, 9.17) is 0 Å². The van der Waals surface area contributed by atoms with Crippen molar-refractivity contribution in [3.63, 3.8) is 0 Å². The molecule has 1 heterocycles. The molecule has 1 aromatic carbocycles. The lowest BCUT2D eigenvalue weighted by Crippen LogP contribution is -2.34. The normalized spacial score (nSPS) is 19.6. The van der Waals surface area contributed by atoms with Crippen LogP contribution in [0.4, 0.5) is 0 Å². The maximum Gasteiger partial charge on any atom is 0.239 e. The van der Waals surface area contributed by atoms with Crippen molar-refractivity contribution >= 4 is 17.7 Å². The fraction of sp³-hybridized carbons (Fsp3) is 0.533. The van der Waals surface area contributed by atoms with Crippen LogP contribution in [0.3, 0.4) is 0 Å². The van der Waals surface area contributed by atoms with Crippen molar-refractivity contribution in [3.05, 3.63) is 35.4 Å². The number of rotatable bonds is 4. The number of amides is 1. The van der Waals surface area contributed by atoms with E-state index in [0.717, 1.165) is 17.7 Å². The SMILES string of the molecule is CC(O)CCN(C)C(=O)C1SCCc2ccccc21. The fourth-order valence-corrected chi connectivity index (χ4v) is 3.59. The van der Waals surface area contributed by atoms with E-state index in [1.165, 1.54) is 5.56 Å². The van der Waals surface area contributed by atoms with Crippen molar-refractivity contribution in [2.45, 2.75) is 31.1 Å². The standard InChI is InChI=1S/C15H21NO2S/c1-11(17)7-9-16(2)15(18)14-13-6-4-3-5-12(13)8-10-19-14/h3-6,11,14,17H,7-10H2,1-2H3. The van der Waals surface area contributed by atoms with Gasteiger partial charge >= 0.3 is 0 Å². The number of aliphatic hydroxyl groups is 1. The van der Waals surface area contributed by atoms with Crippen LogP contribution in [0.5, 0.6) is 0 Å². The highest BCUT2D eigenvalue weighted by molar-refractivity contribution is 8.00. The summed E-state index contributed by atoms with van der Waals surface area (Å²) in [5, 5.41) is 9.23. The summed E-state index contributed by atoms with van der Waals surface area (Å²) in [6.07, 6.45) is 1.31. The average Bonchev–Trinajstić information content (AvgIpc) is 2.43. The second-order valence-corrected chi connectivity index (χ2v) is 6.31. The van der Waals surface area contributed by atoms with Crippen molar-refractivity contribution in [2.24, 2.45) is 0 Å². The third kappa shape index (κ3) is 3.51. The first-order valence-corrected chi connectivity index (χ1v) is 7.77. The van der Waals surface area contributed by atoms with Gasteiger partial charge in [0.1, 0.15) is 5.25 Å². The molecular weight excluding hydrogens is 258 g/mol. The number of carbonyl (C=O) groups is 1. The number of likely N-dealkylation sites (N-methyl/N-ethyl adjacent to an activating group) is 1. The number of hydrogen-bond donors (Lipinski definition) is 1. The molecule has 0 saturated carbocycles. The van der Waals surface area contributed by atoms with Crippen LogP contribution in [0, 0.1) is 0 Å². The molecule has 3 nitrogen and oxygen atoms in total. The van der Waals surface area contributed by atoms with Crippen LogP contribution in [-0.4, -0.2) is 41.4 Å². The van der Waals surface area contributed by atoms with Gasteiger partial charge < -0.3 is 10.0 Å². The zero-order valence-corrected chi connectivity index (χ0v) is 12.3. The van der Waals surface area contributed by atoms with Crippen LogP contribution in [0.1, 0.15) is 29.7 Å². The van der Waals surface area contributed by atoms with E-state index < -0.39 is 0 Å². The van der Waals surface area contributed by atoms with Gasteiger partial charge in [0.25, 0.3) is 0 Å². The number of aryl methyl sites for hydroxylation is 1. The summed E-state index contributed by atoms with van der Waals surface area (Å²) in [5.41, 5.74) is 2.45. The van der Waals surface area contributed by atoms with Gasteiger partial charge in [-0.2, -0.15) is 0 Å². The second kappa shape index (κ2) is 6.44. The Morgan fingerprint density at radius 2 is 2.26 bits per heavy atom. The first kappa shape index (κ1) is 14.4.